The molecule has 0 saturated heterocycles. The maximum Gasteiger partial charge on any atom is 0.184 e. The predicted octanol–water partition coefficient (Wildman–Crippen LogP) is 1.39. The number of benzene rings is 1. The van der Waals surface area contributed by atoms with Gasteiger partial charge in [0.05, 0.1) is 0 Å². The number of nitrogen functional groups attached to an aromatic ring is 1. The van der Waals surface area contributed by atoms with Gasteiger partial charge in [-0.15, -0.1) is 5.10 Å². The molecular weight excluding hydrogens is 274 g/mol. The fraction of sp³-hybridized carbons (Fsp3) is 0.462. The number of aryl methyl sites for hydroxylation is 2. The van der Waals surface area contributed by atoms with E-state index in [-0.39, 0.29) is 5.25 Å². The first kappa shape index (κ1) is 14.6. The maximum atomic E-state index is 11.4. The van der Waals surface area contributed by atoms with Gasteiger partial charge in [0.2, 0.25) is 0 Å². The normalized spacial score (nSPS) is 14.2. The number of nitrogens with two attached hydrogens (primary N) is 1. The van der Waals surface area contributed by atoms with Crippen molar-refractivity contribution < 1.29 is 4.21 Å². The highest BCUT2D eigenvalue weighted by Crippen LogP contribution is 2.27. The fourth-order valence-electron chi connectivity index (χ4n) is 2.00. The molecule has 0 amide bonds. The maximum absolute atomic E-state index is 11.4. The van der Waals surface area contributed by atoms with Crippen molar-refractivity contribution in [2.45, 2.75) is 32.1 Å². The van der Waals surface area contributed by atoms with Crippen LogP contribution in [0.5, 0.6) is 0 Å². The summed E-state index contributed by atoms with van der Waals surface area (Å²) in [6.45, 7) is 4.56. The zero-order chi connectivity index (χ0) is 14.7. The second-order valence-electron chi connectivity index (χ2n) is 4.86. The van der Waals surface area contributed by atoms with E-state index in [9.17, 15) is 4.21 Å². The van der Waals surface area contributed by atoms with E-state index < -0.39 is 10.8 Å². The Kier molecular flexibility index (Phi) is 4.49. The fourth-order valence-corrected chi connectivity index (χ4v) is 2.44. The molecule has 0 spiro atoms. The lowest BCUT2D eigenvalue weighted by molar-refractivity contribution is 0.556. The van der Waals surface area contributed by atoms with Crippen LogP contribution in [0.4, 0.5) is 5.69 Å². The first-order chi connectivity index (χ1) is 9.50. The van der Waals surface area contributed by atoms with Crippen LogP contribution < -0.4 is 5.73 Å². The zero-order valence-electron chi connectivity index (χ0n) is 11.9. The molecule has 2 unspecified atom stereocenters. The topological polar surface area (TPSA) is 86.7 Å². The molecule has 0 aliphatic carbocycles. The minimum atomic E-state index is -0.838. The molecule has 0 aliphatic heterocycles. The van der Waals surface area contributed by atoms with Gasteiger partial charge in [-0.05, 0) is 35.4 Å². The van der Waals surface area contributed by atoms with E-state index in [4.69, 9.17) is 5.73 Å². The van der Waals surface area contributed by atoms with Crippen LogP contribution in [0, 0.1) is 6.92 Å². The molecule has 7 heteroatoms. The number of hydrogen-bond acceptors (Lipinski definition) is 5. The third-order valence-electron chi connectivity index (χ3n) is 3.37. The lowest BCUT2D eigenvalue weighted by Crippen LogP contribution is -2.14. The Bertz CT molecular complexity index is 605. The first-order valence-corrected chi connectivity index (χ1v) is 8.06. The molecule has 0 saturated carbocycles. The van der Waals surface area contributed by atoms with E-state index in [1.165, 1.54) is 0 Å². The van der Waals surface area contributed by atoms with Gasteiger partial charge < -0.3 is 5.73 Å². The predicted molar refractivity (Wildman–Crippen MR) is 80.5 cm³/mol. The third-order valence-corrected chi connectivity index (χ3v) is 4.74. The number of aromatic nitrogens is 4. The molecule has 1 heterocycles. The molecule has 2 rings (SSSR count). The van der Waals surface area contributed by atoms with E-state index in [0.29, 0.717) is 18.1 Å². The molecule has 6 nitrogen and oxygen atoms in total. The molecule has 1 aromatic carbocycles. The van der Waals surface area contributed by atoms with Crippen LogP contribution in [-0.4, -0.2) is 35.9 Å². The second kappa shape index (κ2) is 6.13. The van der Waals surface area contributed by atoms with Crippen molar-refractivity contribution in [1.29, 1.82) is 0 Å². The van der Waals surface area contributed by atoms with Crippen LogP contribution in [0.3, 0.4) is 0 Å². The van der Waals surface area contributed by atoms with Crippen molar-refractivity contribution >= 4 is 16.5 Å². The molecule has 2 N–H and O–H groups in total. The van der Waals surface area contributed by atoms with Gasteiger partial charge in [0, 0.05) is 40.1 Å². The van der Waals surface area contributed by atoms with Gasteiger partial charge in [0.1, 0.15) is 0 Å². The lowest BCUT2D eigenvalue weighted by Gasteiger charge is -2.11. The van der Waals surface area contributed by atoms with E-state index >= 15 is 0 Å². The minimum Gasteiger partial charge on any atom is -0.398 e. The number of nitrogens with zero attached hydrogens (tertiary/aromatic N) is 4. The molecule has 1 aromatic heterocycles. The summed E-state index contributed by atoms with van der Waals surface area (Å²) in [5, 5.41) is 11.9. The van der Waals surface area contributed by atoms with Crippen LogP contribution in [0.25, 0.3) is 11.4 Å². The molecule has 20 heavy (non-hydrogen) atoms. The van der Waals surface area contributed by atoms with Crippen LogP contribution in [0.2, 0.25) is 0 Å². The summed E-state index contributed by atoms with van der Waals surface area (Å²) in [7, 11) is -0.838. The average molecular weight is 293 g/mol. The Balaban J connectivity index is 2.27. The molecule has 2 atom stereocenters. The van der Waals surface area contributed by atoms with E-state index in [1.54, 1.807) is 10.9 Å². The quantitative estimate of drug-likeness (QED) is 0.842. The molecule has 2 aromatic rings. The summed E-state index contributed by atoms with van der Waals surface area (Å²) in [5.41, 5.74) is 8.59. The summed E-state index contributed by atoms with van der Waals surface area (Å²) in [4.78, 5) is 0. The Morgan fingerprint density at radius 2 is 2.20 bits per heavy atom. The van der Waals surface area contributed by atoms with Crippen molar-refractivity contribution in [2.24, 2.45) is 0 Å². The van der Waals surface area contributed by atoms with Crippen LogP contribution in [0.1, 0.15) is 18.9 Å². The van der Waals surface area contributed by atoms with Crippen LogP contribution in [-0.2, 0) is 17.3 Å². The number of anilines is 1. The Morgan fingerprint density at radius 1 is 1.45 bits per heavy atom. The summed E-state index contributed by atoms with van der Waals surface area (Å²) in [5.74, 6) is 0.662. The molecular formula is C13H19N5OS. The van der Waals surface area contributed by atoms with Crippen molar-refractivity contribution in [3.8, 4) is 11.4 Å². The molecule has 0 bridgehead atoms. The molecule has 0 fully saturated rings. The highest BCUT2D eigenvalue weighted by molar-refractivity contribution is 7.84. The van der Waals surface area contributed by atoms with Crippen LogP contribution in [0.15, 0.2) is 18.2 Å². The smallest absolute Gasteiger partial charge is 0.184 e. The monoisotopic (exact) mass is 293 g/mol. The third kappa shape index (κ3) is 3.04. The Hall–Kier alpha value is -1.76. The first-order valence-electron chi connectivity index (χ1n) is 6.44. The SMILES string of the molecule is Cc1cccc(N)c1-c1nnnn1CCC(C)S(C)=O. The van der Waals surface area contributed by atoms with E-state index in [1.807, 2.05) is 32.0 Å². The number of rotatable bonds is 5. The largest absolute Gasteiger partial charge is 0.398 e. The van der Waals surface area contributed by atoms with Crippen molar-refractivity contribution in [1.82, 2.24) is 20.2 Å². The van der Waals surface area contributed by atoms with Gasteiger partial charge in [-0.2, -0.15) is 0 Å². The van der Waals surface area contributed by atoms with Gasteiger partial charge in [-0.25, -0.2) is 4.68 Å². The molecule has 108 valence electrons. The average Bonchev–Trinajstić information content (AvgIpc) is 2.84. The summed E-state index contributed by atoms with van der Waals surface area (Å²) < 4.78 is 13.1. The highest BCUT2D eigenvalue weighted by Gasteiger charge is 2.15. The van der Waals surface area contributed by atoms with Gasteiger partial charge in [0.25, 0.3) is 0 Å². The van der Waals surface area contributed by atoms with Crippen LogP contribution >= 0.6 is 0 Å². The second-order valence-corrected chi connectivity index (χ2v) is 6.66. The highest BCUT2D eigenvalue weighted by atomic mass is 32.2. The summed E-state index contributed by atoms with van der Waals surface area (Å²) >= 11 is 0. The zero-order valence-corrected chi connectivity index (χ0v) is 12.7. The van der Waals surface area contributed by atoms with E-state index in [0.717, 1.165) is 17.5 Å². The number of tetrazole rings is 1. The van der Waals surface area contributed by atoms with Gasteiger partial charge in [-0.1, -0.05) is 19.1 Å². The number of hydrogen-bond donors (Lipinski definition) is 1. The summed E-state index contributed by atoms with van der Waals surface area (Å²) in [6, 6.07) is 5.73. The molecule has 0 aliphatic rings. The standard InChI is InChI=1S/C13H19N5OS/c1-9-5-4-6-11(14)12(9)13-15-16-17-18(13)8-7-10(2)20(3)19/h4-6,10H,7-8,14H2,1-3H3. The molecule has 0 radical (unpaired) electrons. The van der Waals surface area contributed by atoms with Gasteiger partial charge >= 0.3 is 0 Å². The van der Waals surface area contributed by atoms with Gasteiger partial charge in [-0.3, -0.25) is 4.21 Å². The van der Waals surface area contributed by atoms with Crippen molar-refractivity contribution in [3.05, 3.63) is 23.8 Å². The minimum absolute atomic E-state index is 0.112. The Morgan fingerprint density at radius 3 is 2.85 bits per heavy atom. The van der Waals surface area contributed by atoms with E-state index in [2.05, 4.69) is 15.5 Å². The van der Waals surface area contributed by atoms with Crippen molar-refractivity contribution in [3.63, 3.8) is 0 Å². The lowest BCUT2D eigenvalue weighted by atomic mass is 10.1. The van der Waals surface area contributed by atoms with Crippen molar-refractivity contribution in [2.75, 3.05) is 12.0 Å². The van der Waals surface area contributed by atoms with Gasteiger partial charge in [0.15, 0.2) is 5.82 Å². The summed E-state index contributed by atoms with van der Waals surface area (Å²) in [6.07, 6.45) is 2.47. The Labute approximate surface area is 120 Å².